The molecule has 0 aromatic rings. The van der Waals surface area contributed by atoms with Crippen LogP contribution in [0.4, 0.5) is 4.39 Å². The van der Waals surface area contributed by atoms with Crippen LogP contribution in [-0.4, -0.2) is 47.6 Å². The Balaban J connectivity index is 1.40. The molecule has 0 aromatic heterocycles. The lowest BCUT2D eigenvalue weighted by Gasteiger charge is -2.63. The fourth-order valence-corrected chi connectivity index (χ4v) is 7.73. The zero-order chi connectivity index (χ0) is 21.3. The van der Waals surface area contributed by atoms with Crippen molar-refractivity contribution in [3.63, 3.8) is 0 Å². The molecule has 0 aromatic carbocycles. The third kappa shape index (κ3) is 2.72. The molecule has 1 saturated heterocycles. The Kier molecular flexibility index (Phi) is 4.72. The highest BCUT2D eigenvalue weighted by Gasteiger charge is 2.67. The van der Waals surface area contributed by atoms with E-state index in [4.69, 9.17) is 4.84 Å². The number of rotatable bonds is 2. The van der Waals surface area contributed by atoms with Gasteiger partial charge in [0, 0.05) is 30.2 Å². The first kappa shape index (κ1) is 20.6. The first-order valence-corrected chi connectivity index (χ1v) is 11.7. The summed E-state index contributed by atoms with van der Waals surface area (Å²) in [6, 6.07) is 0. The van der Waals surface area contributed by atoms with Crippen molar-refractivity contribution in [1.82, 2.24) is 5.32 Å². The van der Waals surface area contributed by atoms with Gasteiger partial charge in [-0.15, -0.1) is 0 Å². The number of hydrogen-bond acceptors (Lipinski definition) is 5. The summed E-state index contributed by atoms with van der Waals surface area (Å²) in [5.74, 6) is 0.375. The van der Waals surface area contributed by atoms with Crippen molar-refractivity contribution in [2.75, 3.05) is 13.1 Å². The van der Waals surface area contributed by atoms with E-state index in [1.54, 1.807) is 0 Å². The SMILES string of the molecule is C=C1CC2C3CC(F)C(=O)C3(C)CCC2C2(C)CCC(=NOC3CCNC3)CC12O. The summed E-state index contributed by atoms with van der Waals surface area (Å²) in [4.78, 5) is 18.3. The number of Topliss-reactive ketones (excluding diaryl/α,β-unsaturated/α-hetero) is 1. The van der Waals surface area contributed by atoms with Crippen molar-refractivity contribution in [1.29, 1.82) is 0 Å². The summed E-state index contributed by atoms with van der Waals surface area (Å²) in [5.41, 5.74) is -0.118. The molecule has 8 unspecified atom stereocenters. The molecule has 5 nitrogen and oxygen atoms in total. The van der Waals surface area contributed by atoms with E-state index in [1.807, 2.05) is 6.92 Å². The van der Waals surface area contributed by atoms with Crippen molar-refractivity contribution < 1.29 is 19.1 Å². The molecule has 4 aliphatic carbocycles. The van der Waals surface area contributed by atoms with Gasteiger partial charge in [-0.25, -0.2) is 4.39 Å². The monoisotopic (exact) mass is 418 g/mol. The standard InChI is InChI=1S/C24H35FN2O3/c1-14-10-17-18(5-7-22(2)19(17)11-20(25)21(22)28)23(3)8-4-15(12-24(14,23)29)27-30-16-6-9-26-13-16/h16-20,26,29H,1,4-13H2,2-3H3. The summed E-state index contributed by atoms with van der Waals surface area (Å²) in [5, 5.41) is 19.7. The van der Waals surface area contributed by atoms with Gasteiger partial charge in [-0.05, 0) is 68.4 Å². The zero-order valence-corrected chi connectivity index (χ0v) is 18.3. The van der Waals surface area contributed by atoms with Gasteiger partial charge in [0.25, 0.3) is 0 Å². The number of halogens is 1. The smallest absolute Gasteiger partial charge is 0.173 e. The molecule has 1 heterocycles. The second kappa shape index (κ2) is 6.86. The molecule has 0 radical (unpaired) electrons. The number of alkyl halides is 1. The molecule has 5 rings (SSSR count). The van der Waals surface area contributed by atoms with Crippen LogP contribution >= 0.6 is 0 Å². The Morgan fingerprint density at radius 1 is 1.27 bits per heavy atom. The van der Waals surface area contributed by atoms with Crippen molar-refractivity contribution in [3.05, 3.63) is 12.2 Å². The average molecular weight is 419 g/mol. The van der Waals surface area contributed by atoms with Crippen molar-refractivity contribution in [2.45, 2.75) is 83.1 Å². The lowest BCUT2D eigenvalue weighted by molar-refractivity contribution is -0.161. The number of oxime groups is 1. The fourth-order valence-electron chi connectivity index (χ4n) is 7.73. The number of carbonyl (C=O) groups is 1. The second-order valence-corrected chi connectivity index (χ2v) is 11.0. The third-order valence-corrected chi connectivity index (χ3v) is 9.70. The first-order chi connectivity index (χ1) is 14.2. The van der Waals surface area contributed by atoms with Crippen LogP contribution in [0, 0.1) is 28.6 Å². The van der Waals surface area contributed by atoms with Gasteiger partial charge in [-0.1, -0.05) is 25.6 Å². The minimum atomic E-state index is -1.33. The fraction of sp³-hybridized carbons (Fsp3) is 0.833. The van der Waals surface area contributed by atoms with E-state index in [0.717, 1.165) is 56.5 Å². The molecule has 5 fully saturated rings. The van der Waals surface area contributed by atoms with E-state index in [2.05, 4.69) is 24.0 Å². The van der Waals surface area contributed by atoms with Crippen molar-refractivity contribution in [2.24, 2.45) is 33.7 Å². The summed E-state index contributed by atoms with van der Waals surface area (Å²) < 4.78 is 14.4. The lowest BCUT2D eigenvalue weighted by Crippen LogP contribution is -2.63. The summed E-state index contributed by atoms with van der Waals surface area (Å²) in [6.07, 6.45) is 4.48. The summed E-state index contributed by atoms with van der Waals surface area (Å²) in [6.45, 7) is 10.3. The maximum atomic E-state index is 14.4. The highest BCUT2D eigenvalue weighted by Crippen LogP contribution is 2.67. The molecular weight excluding hydrogens is 383 g/mol. The molecule has 4 saturated carbocycles. The Bertz CT molecular complexity index is 793. The number of fused-ring (bicyclic) bond motifs is 5. The van der Waals surface area contributed by atoms with Crippen LogP contribution in [0.3, 0.4) is 0 Å². The van der Waals surface area contributed by atoms with Crippen molar-refractivity contribution in [3.8, 4) is 0 Å². The Morgan fingerprint density at radius 3 is 2.80 bits per heavy atom. The Morgan fingerprint density at radius 2 is 2.07 bits per heavy atom. The van der Waals surface area contributed by atoms with Gasteiger partial charge in [0.05, 0.1) is 11.3 Å². The molecule has 166 valence electrons. The van der Waals surface area contributed by atoms with E-state index >= 15 is 0 Å². The number of ketones is 1. The molecule has 1 aliphatic heterocycles. The Hall–Kier alpha value is -1.27. The van der Waals surface area contributed by atoms with Gasteiger partial charge >= 0.3 is 0 Å². The van der Waals surface area contributed by atoms with Crippen LogP contribution in [-0.2, 0) is 9.63 Å². The largest absolute Gasteiger partial charge is 0.391 e. The quantitative estimate of drug-likeness (QED) is 0.531. The molecule has 0 amide bonds. The van der Waals surface area contributed by atoms with Gasteiger partial charge in [0.15, 0.2) is 12.0 Å². The zero-order valence-electron chi connectivity index (χ0n) is 18.3. The van der Waals surface area contributed by atoms with E-state index < -0.39 is 17.2 Å². The molecule has 0 spiro atoms. The van der Waals surface area contributed by atoms with E-state index in [0.29, 0.717) is 19.3 Å². The molecule has 8 atom stereocenters. The van der Waals surface area contributed by atoms with Crippen LogP contribution in [0.25, 0.3) is 0 Å². The number of aliphatic hydroxyl groups is 1. The maximum absolute atomic E-state index is 14.4. The highest BCUT2D eigenvalue weighted by atomic mass is 19.1. The number of nitrogens with one attached hydrogen (secondary N) is 1. The van der Waals surface area contributed by atoms with Gasteiger partial charge < -0.3 is 15.3 Å². The normalized spacial score (nSPS) is 52.1. The molecule has 6 heteroatoms. The van der Waals surface area contributed by atoms with E-state index in [-0.39, 0.29) is 35.1 Å². The number of nitrogens with zero attached hydrogens (tertiary/aromatic N) is 1. The molecular formula is C24H35FN2O3. The van der Waals surface area contributed by atoms with Gasteiger partial charge in [-0.3, -0.25) is 4.79 Å². The Labute approximate surface area is 178 Å². The molecule has 0 bridgehead atoms. The molecule has 30 heavy (non-hydrogen) atoms. The average Bonchev–Trinajstić information content (AvgIpc) is 3.30. The van der Waals surface area contributed by atoms with Gasteiger partial charge in [0.1, 0.15) is 6.10 Å². The van der Waals surface area contributed by atoms with Crippen LogP contribution in [0.15, 0.2) is 17.3 Å². The predicted molar refractivity (Wildman–Crippen MR) is 113 cm³/mol. The highest BCUT2D eigenvalue weighted by molar-refractivity contribution is 5.91. The van der Waals surface area contributed by atoms with Crippen LogP contribution in [0.1, 0.15) is 65.2 Å². The minimum Gasteiger partial charge on any atom is -0.391 e. The lowest BCUT2D eigenvalue weighted by atomic mass is 9.43. The third-order valence-electron chi connectivity index (χ3n) is 9.70. The van der Waals surface area contributed by atoms with Crippen LogP contribution < -0.4 is 5.32 Å². The molecule has 2 N–H and O–H groups in total. The van der Waals surface area contributed by atoms with Crippen molar-refractivity contribution >= 4 is 11.5 Å². The number of hydrogen-bond donors (Lipinski definition) is 2. The number of carbonyl (C=O) groups excluding carboxylic acids is 1. The van der Waals surface area contributed by atoms with Crippen LogP contribution in [0.2, 0.25) is 0 Å². The van der Waals surface area contributed by atoms with Gasteiger partial charge in [-0.2, -0.15) is 0 Å². The summed E-state index contributed by atoms with van der Waals surface area (Å²) in [7, 11) is 0. The van der Waals surface area contributed by atoms with Gasteiger partial charge in [0.2, 0.25) is 0 Å². The first-order valence-electron chi connectivity index (χ1n) is 11.7. The van der Waals surface area contributed by atoms with E-state index in [1.165, 1.54) is 0 Å². The minimum absolute atomic E-state index is 0.0603. The topological polar surface area (TPSA) is 70.9 Å². The molecule has 5 aliphatic rings. The maximum Gasteiger partial charge on any atom is 0.173 e. The second-order valence-electron chi connectivity index (χ2n) is 11.0. The predicted octanol–water partition coefficient (Wildman–Crippen LogP) is 3.56. The van der Waals surface area contributed by atoms with E-state index in [9.17, 15) is 14.3 Å². The summed E-state index contributed by atoms with van der Waals surface area (Å²) >= 11 is 0. The van der Waals surface area contributed by atoms with Crippen LogP contribution in [0.5, 0.6) is 0 Å².